The van der Waals surface area contributed by atoms with Crippen LogP contribution in [0, 0.1) is 23.7 Å². The molecule has 4 aliphatic carbocycles. The molecular formula is C20H42. The van der Waals surface area contributed by atoms with Gasteiger partial charge < -0.3 is 0 Å². The Balaban J connectivity index is 0.000000266. The molecule has 0 amide bonds. The first-order chi connectivity index (χ1) is 9.90. The Labute approximate surface area is 130 Å². The second kappa shape index (κ2) is 12.7. The van der Waals surface area contributed by atoms with E-state index in [-0.39, 0.29) is 0 Å². The van der Waals surface area contributed by atoms with Crippen molar-refractivity contribution in [2.75, 3.05) is 0 Å². The SMILES string of the molecule is C1CC2CCC1C2.C1CC2CCC1C2.CC.CC.CC. The molecule has 20 heavy (non-hydrogen) atoms. The van der Waals surface area contributed by atoms with Crippen molar-refractivity contribution in [2.45, 2.75) is 106 Å². The Hall–Kier alpha value is 0. The van der Waals surface area contributed by atoms with Gasteiger partial charge in [-0.3, -0.25) is 0 Å². The van der Waals surface area contributed by atoms with Crippen LogP contribution in [-0.4, -0.2) is 0 Å². The standard InChI is InChI=1S/2C7H12.3C2H6/c2*1-2-7-4-3-6(1)5-7;3*1-2/h2*6-7H,1-5H2;3*1-2H3. The topological polar surface area (TPSA) is 0 Å². The third-order valence-electron chi connectivity index (χ3n) is 5.27. The number of hydrogen-bond acceptors (Lipinski definition) is 0. The van der Waals surface area contributed by atoms with E-state index in [0.29, 0.717) is 0 Å². The average Bonchev–Trinajstić information content (AvgIpc) is 3.36. The van der Waals surface area contributed by atoms with E-state index in [9.17, 15) is 0 Å². The second-order valence-electron chi connectivity index (χ2n) is 6.24. The fourth-order valence-electron chi connectivity index (χ4n) is 4.35. The van der Waals surface area contributed by atoms with Gasteiger partial charge in [0, 0.05) is 0 Å². The maximum atomic E-state index is 2.00. The van der Waals surface area contributed by atoms with Crippen LogP contribution < -0.4 is 0 Å². The van der Waals surface area contributed by atoms with Crippen LogP contribution in [-0.2, 0) is 0 Å². The summed E-state index contributed by atoms with van der Waals surface area (Å²) in [5.41, 5.74) is 0. The van der Waals surface area contributed by atoms with Gasteiger partial charge in [0.05, 0.1) is 0 Å². The summed E-state index contributed by atoms with van der Waals surface area (Å²) in [6, 6.07) is 0. The molecule has 0 saturated heterocycles. The lowest BCUT2D eigenvalue weighted by atomic mass is 10.0. The average molecular weight is 283 g/mol. The highest BCUT2D eigenvalue weighted by Gasteiger charge is 2.31. The fraction of sp³-hybridized carbons (Fsp3) is 1.00. The van der Waals surface area contributed by atoms with Gasteiger partial charge in [0.2, 0.25) is 0 Å². The molecule has 0 aromatic heterocycles. The van der Waals surface area contributed by atoms with E-state index in [0.717, 1.165) is 0 Å². The first-order valence-electron chi connectivity index (χ1n) is 9.90. The first kappa shape index (κ1) is 20.0. The van der Waals surface area contributed by atoms with E-state index < -0.39 is 0 Å². The van der Waals surface area contributed by atoms with E-state index in [1.165, 1.54) is 23.7 Å². The zero-order valence-corrected chi connectivity index (χ0v) is 15.4. The van der Waals surface area contributed by atoms with Crippen LogP contribution in [0.15, 0.2) is 0 Å². The van der Waals surface area contributed by atoms with E-state index in [4.69, 9.17) is 0 Å². The highest BCUT2D eigenvalue weighted by molar-refractivity contribution is 4.83. The minimum absolute atomic E-state index is 1.17. The van der Waals surface area contributed by atoms with Crippen LogP contribution in [0.25, 0.3) is 0 Å². The summed E-state index contributed by atoms with van der Waals surface area (Å²) in [6.45, 7) is 12.0. The van der Waals surface area contributed by atoms with Gasteiger partial charge in [0.25, 0.3) is 0 Å². The van der Waals surface area contributed by atoms with Crippen molar-refractivity contribution in [1.82, 2.24) is 0 Å². The van der Waals surface area contributed by atoms with Crippen molar-refractivity contribution in [3.05, 3.63) is 0 Å². The molecule has 0 radical (unpaired) electrons. The van der Waals surface area contributed by atoms with Gasteiger partial charge in [0.1, 0.15) is 0 Å². The lowest BCUT2D eigenvalue weighted by molar-refractivity contribution is 0.480. The van der Waals surface area contributed by atoms with Crippen LogP contribution in [0.3, 0.4) is 0 Å². The molecule has 4 fully saturated rings. The molecule has 0 spiro atoms. The minimum Gasteiger partial charge on any atom is -0.0683 e. The third kappa shape index (κ3) is 6.64. The summed E-state index contributed by atoms with van der Waals surface area (Å²) in [7, 11) is 0. The van der Waals surface area contributed by atoms with Crippen LogP contribution >= 0.6 is 0 Å². The molecule has 4 bridgehead atoms. The van der Waals surface area contributed by atoms with Gasteiger partial charge in [-0.2, -0.15) is 0 Å². The third-order valence-corrected chi connectivity index (χ3v) is 5.27. The van der Waals surface area contributed by atoms with Crippen LogP contribution in [0.5, 0.6) is 0 Å². The van der Waals surface area contributed by atoms with Gasteiger partial charge in [-0.25, -0.2) is 0 Å². The predicted octanol–water partition coefficient (Wildman–Crippen LogP) is 7.47. The normalized spacial score (nSPS) is 34.5. The fourth-order valence-corrected chi connectivity index (χ4v) is 4.35. The Morgan fingerprint density at radius 3 is 0.550 bits per heavy atom. The van der Waals surface area contributed by atoms with Gasteiger partial charge in [0.15, 0.2) is 0 Å². The molecule has 0 heteroatoms. The van der Waals surface area contributed by atoms with Gasteiger partial charge >= 0.3 is 0 Å². The molecule has 122 valence electrons. The summed E-state index contributed by atoms with van der Waals surface area (Å²) in [4.78, 5) is 0. The minimum atomic E-state index is 1.17. The van der Waals surface area contributed by atoms with Crippen molar-refractivity contribution in [3.8, 4) is 0 Å². The van der Waals surface area contributed by atoms with Gasteiger partial charge in [-0.1, -0.05) is 92.9 Å². The number of fused-ring (bicyclic) bond motifs is 4. The predicted molar refractivity (Wildman–Crippen MR) is 94.2 cm³/mol. The highest BCUT2D eigenvalue weighted by atomic mass is 14.4. The molecule has 0 aromatic rings. The summed E-state index contributed by atoms with van der Waals surface area (Å²) in [5.74, 6) is 4.69. The lowest BCUT2D eigenvalue weighted by Gasteiger charge is -2.05. The lowest BCUT2D eigenvalue weighted by Crippen LogP contribution is -1.90. The molecule has 0 N–H and O–H groups in total. The van der Waals surface area contributed by atoms with E-state index in [1.54, 1.807) is 64.2 Å². The van der Waals surface area contributed by atoms with Crippen LogP contribution in [0.1, 0.15) is 106 Å². The number of hydrogen-bond donors (Lipinski definition) is 0. The molecule has 0 nitrogen and oxygen atoms in total. The largest absolute Gasteiger partial charge is 0.0683 e. The van der Waals surface area contributed by atoms with E-state index >= 15 is 0 Å². The van der Waals surface area contributed by atoms with Gasteiger partial charge in [-0.05, 0) is 36.5 Å². The monoisotopic (exact) mass is 282 g/mol. The molecule has 0 aromatic carbocycles. The maximum absolute atomic E-state index is 2.00. The van der Waals surface area contributed by atoms with Crippen molar-refractivity contribution < 1.29 is 0 Å². The Morgan fingerprint density at radius 1 is 0.350 bits per heavy atom. The Morgan fingerprint density at radius 2 is 0.500 bits per heavy atom. The summed E-state index contributed by atoms with van der Waals surface area (Å²) in [5, 5.41) is 0. The molecule has 0 unspecified atom stereocenters. The molecule has 0 atom stereocenters. The highest BCUT2D eigenvalue weighted by Crippen LogP contribution is 2.44. The summed E-state index contributed by atoms with van der Waals surface area (Å²) < 4.78 is 0. The molecule has 4 rings (SSSR count). The number of rotatable bonds is 0. The van der Waals surface area contributed by atoms with Gasteiger partial charge in [-0.15, -0.1) is 0 Å². The van der Waals surface area contributed by atoms with Crippen molar-refractivity contribution in [2.24, 2.45) is 23.7 Å². The van der Waals surface area contributed by atoms with Crippen molar-refractivity contribution in [1.29, 1.82) is 0 Å². The molecule has 4 aliphatic rings. The van der Waals surface area contributed by atoms with Crippen LogP contribution in [0.4, 0.5) is 0 Å². The smallest absolute Gasteiger partial charge is 0.0411 e. The zero-order chi connectivity index (χ0) is 15.4. The summed E-state index contributed by atoms with van der Waals surface area (Å²) in [6.07, 6.45) is 15.6. The second-order valence-corrected chi connectivity index (χ2v) is 6.24. The molecule has 4 saturated carbocycles. The molecule has 0 aliphatic heterocycles. The van der Waals surface area contributed by atoms with E-state index in [1.807, 2.05) is 41.5 Å². The maximum Gasteiger partial charge on any atom is -0.0411 e. The van der Waals surface area contributed by atoms with Crippen LogP contribution in [0.2, 0.25) is 0 Å². The first-order valence-corrected chi connectivity index (χ1v) is 9.90. The molecule has 0 heterocycles. The van der Waals surface area contributed by atoms with E-state index in [2.05, 4.69) is 0 Å². The van der Waals surface area contributed by atoms with Crippen molar-refractivity contribution in [3.63, 3.8) is 0 Å². The molecular weight excluding hydrogens is 240 g/mol. The summed E-state index contributed by atoms with van der Waals surface area (Å²) >= 11 is 0. The Bertz CT molecular complexity index is 138. The Kier molecular flexibility index (Phi) is 12.7. The quantitative estimate of drug-likeness (QED) is 0.432. The van der Waals surface area contributed by atoms with Crippen molar-refractivity contribution >= 4 is 0 Å². The zero-order valence-electron chi connectivity index (χ0n) is 15.4.